The quantitative estimate of drug-likeness (QED) is 0.686. The van der Waals surface area contributed by atoms with Crippen LogP contribution in [0.5, 0.6) is 5.75 Å². The van der Waals surface area contributed by atoms with E-state index in [1.807, 2.05) is 74.5 Å². The molecule has 0 fully saturated rings. The van der Waals surface area contributed by atoms with Gasteiger partial charge in [-0.25, -0.2) is 0 Å². The summed E-state index contributed by atoms with van der Waals surface area (Å²) < 4.78 is 5.60. The number of aryl methyl sites for hydroxylation is 1. The van der Waals surface area contributed by atoms with Crippen LogP contribution in [0.25, 0.3) is 10.9 Å². The normalized spacial score (nSPS) is 11.0. The van der Waals surface area contributed by atoms with E-state index in [1.54, 1.807) is 6.07 Å². The van der Waals surface area contributed by atoms with Gasteiger partial charge in [0.2, 0.25) is 0 Å². The lowest BCUT2D eigenvalue weighted by Gasteiger charge is -2.09. The second-order valence-corrected chi connectivity index (χ2v) is 5.72. The van der Waals surface area contributed by atoms with Crippen molar-refractivity contribution in [2.75, 3.05) is 11.9 Å². The van der Waals surface area contributed by atoms with E-state index in [0.717, 1.165) is 16.6 Å². The van der Waals surface area contributed by atoms with Crippen LogP contribution >= 0.6 is 0 Å². The summed E-state index contributed by atoms with van der Waals surface area (Å²) in [5.74, 6) is 0.558. The van der Waals surface area contributed by atoms with E-state index in [4.69, 9.17) is 4.74 Å². The number of carbonyl (C=O) groups is 1. The third-order valence-corrected chi connectivity index (χ3v) is 3.76. The van der Waals surface area contributed by atoms with Gasteiger partial charge in [0.05, 0.1) is 5.52 Å². The fourth-order valence-electron chi connectivity index (χ4n) is 2.48. The summed E-state index contributed by atoms with van der Waals surface area (Å²) in [6, 6.07) is 16.8. The standard InChI is InChI=1S/C21H20N2O2/c1-3-4-12-25-19-7-5-6-18(14-19)23-21(24)17-10-11-20-16(13-17)9-8-15(2)22-20/h3-11,13-14H,12H2,1-2H3,(H,23,24). The number of amides is 1. The van der Waals surface area contributed by atoms with Crippen LogP contribution in [0.4, 0.5) is 5.69 Å². The molecule has 3 aromatic rings. The highest BCUT2D eigenvalue weighted by molar-refractivity contribution is 6.06. The van der Waals surface area contributed by atoms with Crippen molar-refractivity contribution >= 4 is 22.5 Å². The number of nitrogens with one attached hydrogen (secondary N) is 1. The predicted molar refractivity (Wildman–Crippen MR) is 101 cm³/mol. The number of benzene rings is 2. The van der Waals surface area contributed by atoms with Gasteiger partial charge in [-0.1, -0.05) is 24.3 Å². The molecule has 0 saturated carbocycles. The predicted octanol–water partition coefficient (Wildman–Crippen LogP) is 4.75. The highest BCUT2D eigenvalue weighted by Crippen LogP contribution is 2.20. The maximum atomic E-state index is 12.5. The lowest BCUT2D eigenvalue weighted by Crippen LogP contribution is -2.11. The molecule has 4 nitrogen and oxygen atoms in total. The average Bonchev–Trinajstić information content (AvgIpc) is 2.62. The molecule has 0 bridgehead atoms. The zero-order valence-corrected chi connectivity index (χ0v) is 14.3. The van der Waals surface area contributed by atoms with Gasteiger partial charge >= 0.3 is 0 Å². The van der Waals surface area contributed by atoms with Gasteiger partial charge < -0.3 is 10.1 Å². The van der Waals surface area contributed by atoms with Crippen molar-refractivity contribution in [3.63, 3.8) is 0 Å². The number of allylic oxidation sites excluding steroid dienone is 1. The maximum Gasteiger partial charge on any atom is 0.255 e. The Bertz CT molecular complexity index is 932. The van der Waals surface area contributed by atoms with Gasteiger partial charge in [0.15, 0.2) is 0 Å². The Morgan fingerprint density at radius 1 is 1.16 bits per heavy atom. The number of pyridine rings is 1. The van der Waals surface area contributed by atoms with Gasteiger partial charge in [-0.15, -0.1) is 0 Å². The number of hydrogen-bond donors (Lipinski definition) is 1. The van der Waals surface area contributed by atoms with Crippen LogP contribution < -0.4 is 10.1 Å². The number of fused-ring (bicyclic) bond motifs is 1. The first-order valence-electron chi connectivity index (χ1n) is 8.18. The summed E-state index contributed by atoms with van der Waals surface area (Å²) in [5, 5.41) is 3.85. The fraction of sp³-hybridized carbons (Fsp3) is 0.143. The van der Waals surface area contributed by atoms with E-state index in [0.29, 0.717) is 23.6 Å². The maximum absolute atomic E-state index is 12.5. The number of anilines is 1. The van der Waals surface area contributed by atoms with Crippen LogP contribution in [0, 0.1) is 6.92 Å². The first-order valence-corrected chi connectivity index (χ1v) is 8.18. The number of rotatable bonds is 5. The number of carbonyl (C=O) groups excluding carboxylic acids is 1. The summed E-state index contributed by atoms with van der Waals surface area (Å²) in [7, 11) is 0. The molecule has 1 amide bonds. The largest absolute Gasteiger partial charge is 0.489 e. The molecule has 25 heavy (non-hydrogen) atoms. The Labute approximate surface area is 147 Å². The van der Waals surface area contributed by atoms with Crippen LogP contribution in [0.15, 0.2) is 66.7 Å². The summed E-state index contributed by atoms with van der Waals surface area (Å²) in [6.07, 6.45) is 3.86. The van der Waals surface area contributed by atoms with E-state index >= 15 is 0 Å². The van der Waals surface area contributed by atoms with Gasteiger partial charge in [0.25, 0.3) is 5.91 Å². The second-order valence-electron chi connectivity index (χ2n) is 5.72. The Morgan fingerprint density at radius 2 is 2.04 bits per heavy atom. The van der Waals surface area contributed by atoms with Crippen molar-refractivity contribution in [3.05, 3.63) is 78.0 Å². The average molecular weight is 332 g/mol. The molecule has 4 heteroatoms. The first kappa shape index (κ1) is 16.7. The molecular formula is C21H20N2O2. The highest BCUT2D eigenvalue weighted by atomic mass is 16.5. The summed E-state index contributed by atoms with van der Waals surface area (Å²) >= 11 is 0. The number of aromatic nitrogens is 1. The minimum atomic E-state index is -0.159. The molecule has 0 atom stereocenters. The van der Waals surface area contributed by atoms with Crippen LogP contribution in [0.1, 0.15) is 23.0 Å². The number of hydrogen-bond acceptors (Lipinski definition) is 3. The number of nitrogens with zero attached hydrogens (tertiary/aromatic N) is 1. The van der Waals surface area contributed by atoms with Gasteiger partial charge in [-0.3, -0.25) is 9.78 Å². The molecular weight excluding hydrogens is 312 g/mol. The van der Waals surface area contributed by atoms with Crippen molar-refractivity contribution in [3.8, 4) is 5.75 Å². The zero-order chi connectivity index (χ0) is 17.6. The summed E-state index contributed by atoms with van der Waals surface area (Å²) in [4.78, 5) is 17.0. The van der Waals surface area contributed by atoms with Crippen molar-refractivity contribution in [2.24, 2.45) is 0 Å². The molecule has 0 spiro atoms. The monoisotopic (exact) mass is 332 g/mol. The molecule has 1 aromatic heterocycles. The van der Waals surface area contributed by atoms with E-state index in [9.17, 15) is 4.79 Å². The fourth-order valence-corrected chi connectivity index (χ4v) is 2.48. The number of ether oxygens (including phenoxy) is 1. The van der Waals surface area contributed by atoms with Crippen LogP contribution in [-0.4, -0.2) is 17.5 Å². The third kappa shape index (κ3) is 4.23. The third-order valence-electron chi connectivity index (χ3n) is 3.76. The van der Waals surface area contributed by atoms with Gasteiger partial charge in [-0.05, 0) is 50.2 Å². The molecule has 2 aromatic carbocycles. The topological polar surface area (TPSA) is 51.2 Å². The molecule has 0 unspecified atom stereocenters. The lowest BCUT2D eigenvalue weighted by atomic mass is 10.1. The van der Waals surface area contributed by atoms with E-state index in [-0.39, 0.29) is 5.91 Å². The van der Waals surface area contributed by atoms with Gasteiger partial charge in [0, 0.05) is 28.4 Å². The molecule has 0 saturated heterocycles. The Balaban J connectivity index is 1.75. The molecule has 1 heterocycles. The van der Waals surface area contributed by atoms with Crippen LogP contribution in [0.3, 0.4) is 0 Å². The van der Waals surface area contributed by atoms with E-state index in [1.165, 1.54) is 0 Å². The Morgan fingerprint density at radius 3 is 2.88 bits per heavy atom. The Hall–Kier alpha value is -3.14. The molecule has 0 radical (unpaired) electrons. The van der Waals surface area contributed by atoms with Crippen LogP contribution in [0.2, 0.25) is 0 Å². The van der Waals surface area contributed by atoms with Crippen LogP contribution in [-0.2, 0) is 0 Å². The van der Waals surface area contributed by atoms with Crippen molar-refractivity contribution in [1.29, 1.82) is 0 Å². The minimum Gasteiger partial charge on any atom is -0.489 e. The second kappa shape index (κ2) is 7.62. The SMILES string of the molecule is CC=CCOc1cccc(NC(=O)c2ccc3nc(C)ccc3c2)c1. The van der Waals surface area contributed by atoms with Crippen molar-refractivity contribution in [2.45, 2.75) is 13.8 Å². The first-order chi connectivity index (χ1) is 12.2. The Kier molecular flexibility index (Phi) is 5.09. The van der Waals surface area contributed by atoms with Gasteiger partial charge in [0.1, 0.15) is 12.4 Å². The van der Waals surface area contributed by atoms with Crippen molar-refractivity contribution < 1.29 is 9.53 Å². The van der Waals surface area contributed by atoms with E-state index < -0.39 is 0 Å². The molecule has 126 valence electrons. The van der Waals surface area contributed by atoms with Crippen molar-refractivity contribution in [1.82, 2.24) is 4.98 Å². The minimum absolute atomic E-state index is 0.159. The molecule has 3 rings (SSSR count). The molecule has 0 aliphatic heterocycles. The van der Waals surface area contributed by atoms with Gasteiger partial charge in [-0.2, -0.15) is 0 Å². The highest BCUT2D eigenvalue weighted by Gasteiger charge is 2.08. The molecule has 1 N–H and O–H groups in total. The zero-order valence-electron chi connectivity index (χ0n) is 14.3. The summed E-state index contributed by atoms with van der Waals surface area (Å²) in [5.41, 5.74) is 3.14. The lowest BCUT2D eigenvalue weighted by molar-refractivity contribution is 0.102. The molecule has 0 aliphatic carbocycles. The smallest absolute Gasteiger partial charge is 0.255 e. The summed E-state index contributed by atoms with van der Waals surface area (Å²) in [6.45, 7) is 4.40. The molecule has 0 aliphatic rings. The van der Waals surface area contributed by atoms with E-state index in [2.05, 4.69) is 10.3 Å².